The maximum absolute atomic E-state index is 6.18. The van der Waals surface area contributed by atoms with Gasteiger partial charge in [-0.05, 0) is 42.5 Å². The van der Waals surface area contributed by atoms with Crippen LogP contribution < -0.4 is 15.4 Å². The lowest BCUT2D eigenvalue weighted by atomic mass is 10.3. The van der Waals surface area contributed by atoms with Gasteiger partial charge in [0.15, 0.2) is 0 Å². The Kier molecular flexibility index (Phi) is 5.29. The van der Waals surface area contributed by atoms with Crippen LogP contribution in [0.4, 0.5) is 23.0 Å². The second kappa shape index (κ2) is 8.00. The van der Waals surface area contributed by atoms with Crippen molar-refractivity contribution in [1.29, 1.82) is 0 Å². The van der Waals surface area contributed by atoms with Crippen LogP contribution in [-0.4, -0.2) is 29.3 Å². The minimum atomic E-state index is 0.239. The number of epoxide rings is 1. The van der Waals surface area contributed by atoms with Crippen LogP contribution in [-0.2, 0) is 4.74 Å². The molecule has 27 heavy (non-hydrogen) atoms. The van der Waals surface area contributed by atoms with Gasteiger partial charge >= 0.3 is 0 Å². The average molecular weight is 403 g/mol. The van der Waals surface area contributed by atoms with Gasteiger partial charge in [0.1, 0.15) is 36.4 Å². The first-order chi connectivity index (χ1) is 13.2. The van der Waals surface area contributed by atoms with E-state index in [0.29, 0.717) is 34.0 Å². The van der Waals surface area contributed by atoms with Crippen LogP contribution in [0.5, 0.6) is 5.75 Å². The van der Waals surface area contributed by atoms with Crippen LogP contribution in [0.2, 0.25) is 10.0 Å². The zero-order chi connectivity index (χ0) is 18.6. The number of anilines is 4. The van der Waals surface area contributed by atoms with E-state index in [-0.39, 0.29) is 6.10 Å². The topological polar surface area (TPSA) is 71.6 Å². The van der Waals surface area contributed by atoms with Crippen molar-refractivity contribution in [2.45, 2.75) is 6.10 Å². The Morgan fingerprint density at radius 1 is 1.00 bits per heavy atom. The summed E-state index contributed by atoms with van der Waals surface area (Å²) in [4.78, 5) is 8.45. The number of ether oxygens (including phenoxy) is 2. The van der Waals surface area contributed by atoms with Crippen molar-refractivity contribution in [1.82, 2.24) is 9.97 Å². The molecule has 138 valence electrons. The van der Waals surface area contributed by atoms with Gasteiger partial charge < -0.3 is 20.1 Å². The van der Waals surface area contributed by atoms with Gasteiger partial charge in [0.2, 0.25) is 0 Å². The van der Waals surface area contributed by atoms with Gasteiger partial charge in [-0.3, -0.25) is 0 Å². The van der Waals surface area contributed by atoms with E-state index in [1.807, 2.05) is 24.3 Å². The molecule has 2 N–H and O–H groups in total. The molecule has 3 aromatic rings. The van der Waals surface area contributed by atoms with Crippen molar-refractivity contribution in [2.24, 2.45) is 0 Å². The molecule has 2 heterocycles. The van der Waals surface area contributed by atoms with Gasteiger partial charge in [-0.15, -0.1) is 0 Å². The number of rotatable bonds is 7. The molecule has 0 bridgehead atoms. The highest BCUT2D eigenvalue weighted by molar-refractivity contribution is 6.35. The van der Waals surface area contributed by atoms with Crippen molar-refractivity contribution in [2.75, 3.05) is 23.8 Å². The fourth-order valence-electron chi connectivity index (χ4n) is 2.36. The molecule has 1 fully saturated rings. The van der Waals surface area contributed by atoms with Crippen LogP contribution in [0.15, 0.2) is 54.9 Å². The van der Waals surface area contributed by atoms with Crippen LogP contribution in [0.25, 0.3) is 0 Å². The Morgan fingerprint density at radius 3 is 2.48 bits per heavy atom. The standard InChI is InChI=1S/C19H16Cl2N4O2/c20-12-1-6-16(21)17(7-12)25-19-8-18(22-11-23-19)24-13-2-4-14(5-3-13)26-9-15-10-27-15/h1-8,11,15H,9-10H2,(H2,22,23,24,25). The van der Waals surface area contributed by atoms with Crippen LogP contribution in [0.3, 0.4) is 0 Å². The Bertz CT molecular complexity index is 933. The number of nitrogens with zero attached hydrogens (tertiary/aromatic N) is 2. The summed E-state index contributed by atoms with van der Waals surface area (Å²) in [7, 11) is 0. The van der Waals surface area contributed by atoms with Crippen molar-refractivity contribution in [3.05, 3.63) is 64.9 Å². The normalized spacial score (nSPS) is 15.3. The highest BCUT2D eigenvalue weighted by atomic mass is 35.5. The van der Waals surface area contributed by atoms with E-state index in [1.54, 1.807) is 24.3 Å². The third kappa shape index (κ3) is 5.01. The lowest BCUT2D eigenvalue weighted by Crippen LogP contribution is -2.04. The first-order valence-electron chi connectivity index (χ1n) is 8.31. The molecule has 0 radical (unpaired) electrons. The summed E-state index contributed by atoms with van der Waals surface area (Å²) in [5.74, 6) is 2.04. The van der Waals surface area contributed by atoms with Crippen LogP contribution in [0, 0.1) is 0 Å². The predicted molar refractivity (Wildman–Crippen MR) is 107 cm³/mol. The summed E-state index contributed by atoms with van der Waals surface area (Å²) in [5.41, 5.74) is 1.56. The predicted octanol–water partition coefficient (Wildman–Crippen LogP) is 5.05. The molecule has 6 nitrogen and oxygen atoms in total. The van der Waals surface area contributed by atoms with Gasteiger partial charge in [-0.25, -0.2) is 9.97 Å². The van der Waals surface area contributed by atoms with E-state index in [0.717, 1.165) is 18.0 Å². The molecule has 1 aliphatic heterocycles. The molecule has 1 atom stereocenters. The Morgan fingerprint density at radius 2 is 1.74 bits per heavy atom. The smallest absolute Gasteiger partial charge is 0.135 e. The van der Waals surface area contributed by atoms with E-state index in [4.69, 9.17) is 32.7 Å². The second-order valence-corrected chi connectivity index (χ2v) is 6.80. The largest absolute Gasteiger partial charge is 0.491 e. The fourth-order valence-corrected chi connectivity index (χ4v) is 2.70. The molecule has 1 saturated heterocycles. The monoisotopic (exact) mass is 402 g/mol. The molecule has 1 unspecified atom stereocenters. The summed E-state index contributed by atoms with van der Waals surface area (Å²) in [6.07, 6.45) is 1.71. The Hall–Kier alpha value is -2.54. The molecule has 8 heteroatoms. The summed E-state index contributed by atoms with van der Waals surface area (Å²) < 4.78 is 10.8. The molecule has 4 rings (SSSR count). The van der Waals surface area contributed by atoms with Gasteiger partial charge in [0, 0.05) is 16.8 Å². The van der Waals surface area contributed by atoms with E-state index < -0.39 is 0 Å². The molecule has 0 aliphatic carbocycles. The van der Waals surface area contributed by atoms with Crippen molar-refractivity contribution in [3.8, 4) is 5.75 Å². The summed E-state index contributed by atoms with van der Waals surface area (Å²) in [5, 5.41) is 7.52. The van der Waals surface area contributed by atoms with Gasteiger partial charge in [0.25, 0.3) is 0 Å². The van der Waals surface area contributed by atoms with Gasteiger partial charge in [-0.2, -0.15) is 0 Å². The van der Waals surface area contributed by atoms with Gasteiger partial charge in [0.05, 0.1) is 17.3 Å². The van der Waals surface area contributed by atoms with Crippen molar-refractivity contribution >= 4 is 46.2 Å². The maximum Gasteiger partial charge on any atom is 0.135 e. The highest BCUT2D eigenvalue weighted by Gasteiger charge is 2.22. The third-order valence-corrected chi connectivity index (χ3v) is 4.39. The third-order valence-electron chi connectivity index (χ3n) is 3.82. The second-order valence-electron chi connectivity index (χ2n) is 5.95. The lowest BCUT2D eigenvalue weighted by Gasteiger charge is -2.11. The van der Waals surface area contributed by atoms with Crippen molar-refractivity contribution in [3.63, 3.8) is 0 Å². The van der Waals surface area contributed by atoms with E-state index in [2.05, 4.69) is 20.6 Å². The number of benzene rings is 2. The highest BCUT2D eigenvalue weighted by Crippen LogP contribution is 2.28. The molecule has 2 aromatic carbocycles. The number of aromatic nitrogens is 2. The zero-order valence-corrected chi connectivity index (χ0v) is 15.7. The minimum Gasteiger partial charge on any atom is -0.491 e. The van der Waals surface area contributed by atoms with Gasteiger partial charge in [-0.1, -0.05) is 23.2 Å². The van der Waals surface area contributed by atoms with E-state index in [9.17, 15) is 0 Å². The lowest BCUT2D eigenvalue weighted by molar-refractivity contribution is 0.263. The number of halogens is 2. The fraction of sp³-hybridized carbons (Fsp3) is 0.158. The maximum atomic E-state index is 6.18. The number of hydrogen-bond acceptors (Lipinski definition) is 6. The first-order valence-corrected chi connectivity index (χ1v) is 9.07. The van der Waals surface area contributed by atoms with Crippen molar-refractivity contribution < 1.29 is 9.47 Å². The Labute approximate surface area is 166 Å². The van der Waals surface area contributed by atoms with Crippen LogP contribution >= 0.6 is 23.2 Å². The SMILES string of the molecule is Clc1ccc(Cl)c(Nc2cc(Nc3ccc(OCC4CO4)cc3)ncn2)c1. The zero-order valence-electron chi connectivity index (χ0n) is 14.2. The molecular weight excluding hydrogens is 387 g/mol. The molecule has 0 saturated carbocycles. The summed E-state index contributed by atoms with van der Waals surface area (Å²) in [6, 6.07) is 14.6. The van der Waals surface area contributed by atoms with E-state index >= 15 is 0 Å². The summed E-state index contributed by atoms with van der Waals surface area (Å²) >= 11 is 12.2. The minimum absolute atomic E-state index is 0.239. The first kappa shape index (κ1) is 17.9. The van der Waals surface area contributed by atoms with Crippen LogP contribution in [0.1, 0.15) is 0 Å². The molecule has 1 aliphatic rings. The molecule has 0 amide bonds. The molecule has 0 spiro atoms. The summed E-state index contributed by atoms with van der Waals surface area (Å²) in [6.45, 7) is 1.36. The number of nitrogens with one attached hydrogen (secondary N) is 2. The number of hydrogen-bond donors (Lipinski definition) is 2. The Balaban J connectivity index is 1.42. The molecule has 1 aromatic heterocycles. The molecular formula is C19H16Cl2N4O2. The van der Waals surface area contributed by atoms with E-state index in [1.165, 1.54) is 6.33 Å². The quantitative estimate of drug-likeness (QED) is 0.538. The average Bonchev–Trinajstić information content (AvgIpc) is 3.49.